The predicted molar refractivity (Wildman–Crippen MR) is 78.5 cm³/mol. The van der Waals surface area contributed by atoms with Gasteiger partial charge in [-0.2, -0.15) is 4.67 Å². The van der Waals surface area contributed by atoms with Crippen LogP contribution in [0.2, 0.25) is 0 Å². The van der Waals surface area contributed by atoms with Crippen molar-refractivity contribution in [3.8, 4) is 5.75 Å². The molecule has 1 rings (SSSR count). The van der Waals surface area contributed by atoms with Crippen molar-refractivity contribution in [1.29, 1.82) is 0 Å². The predicted octanol–water partition coefficient (Wildman–Crippen LogP) is 4.08. The van der Waals surface area contributed by atoms with Crippen LogP contribution in [0.25, 0.3) is 0 Å². The average Bonchev–Trinajstić information content (AvgIpc) is 2.49. The number of ether oxygens (including phenoxy) is 1. The van der Waals surface area contributed by atoms with Gasteiger partial charge in [0.25, 0.3) is 0 Å². The van der Waals surface area contributed by atoms with Crippen molar-refractivity contribution in [3.05, 3.63) is 29.8 Å². The first-order chi connectivity index (χ1) is 9.76. The first kappa shape index (κ1) is 17.2. The molecule has 0 saturated carbocycles. The molecular formula is C14H23O5P. The Hall–Kier alpha value is -0.870. The molecule has 0 spiro atoms. The molecule has 1 N–H and O–H groups in total. The number of aryl methyl sites for hydroxylation is 1. The molecule has 6 heteroatoms. The molecule has 114 valence electrons. The maximum absolute atomic E-state index is 10.6. The second-order valence-corrected chi connectivity index (χ2v) is 5.46. The highest BCUT2D eigenvalue weighted by Gasteiger charge is 1.99. The molecule has 0 amide bonds. The van der Waals surface area contributed by atoms with Crippen LogP contribution in [-0.2, 0) is 20.2 Å². The molecule has 0 radical (unpaired) electrons. The van der Waals surface area contributed by atoms with Crippen molar-refractivity contribution >= 4 is 8.25 Å². The minimum absolute atomic E-state index is 0.108. The Morgan fingerprint density at radius 3 is 2.50 bits per heavy atom. The fourth-order valence-electron chi connectivity index (χ4n) is 1.82. The average molecular weight is 302 g/mol. The van der Waals surface area contributed by atoms with Crippen molar-refractivity contribution in [2.45, 2.75) is 39.0 Å². The molecule has 0 saturated heterocycles. The van der Waals surface area contributed by atoms with Crippen LogP contribution < -0.4 is 4.74 Å². The summed E-state index contributed by atoms with van der Waals surface area (Å²) in [6.07, 6.45) is 6.14. The lowest BCUT2D eigenvalue weighted by Gasteiger charge is -2.07. The molecule has 1 atom stereocenters. The van der Waals surface area contributed by atoms with Gasteiger partial charge in [-0.1, -0.05) is 38.3 Å². The molecule has 0 heterocycles. The molecular weight excluding hydrogens is 279 g/mol. The van der Waals surface area contributed by atoms with E-state index in [1.165, 1.54) is 31.2 Å². The summed E-state index contributed by atoms with van der Waals surface area (Å²) >= 11 is 0. The summed E-state index contributed by atoms with van der Waals surface area (Å²) < 4.78 is 24.3. The molecule has 1 unspecified atom stereocenters. The first-order valence-corrected chi connectivity index (χ1v) is 8.18. The van der Waals surface area contributed by atoms with Gasteiger partial charge in [-0.05, 0) is 30.5 Å². The summed E-state index contributed by atoms with van der Waals surface area (Å²) in [5.41, 5.74) is 1.31. The van der Waals surface area contributed by atoms with Gasteiger partial charge in [-0.15, -0.1) is 0 Å². The minimum Gasteiger partial charge on any atom is -0.491 e. The van der Waals surface area contributed by atoms with E-state index in [1.54, 1.807) is 0 Å². The number of hydrogen-bond donors (Lipinski definition) is 1. The van der Waals surface area contributed by atoms with Crippen LogP contribution in [0, 0.1) is 0 Å². The van der Waals surface area contributed by atoms with Gasteiger partial charge in [-0.3, -0.25) is 4.57 Å². The number of rotatable bonds is 11. The van der Waals surface area contributed by atoms with Gasteiger partial charge < -0.3 is 9.26 Å². The first-order valence-electron chi connectivity index (χ1n) is 6.96. The lowest BCUT2D eigenvalue weighted by atomic mass is 10.1. The molecule has 0 fully saturated rings. The Balaban J connectivity index is 2.19. The molecule has 1 aromatic carbocycles. The standard InChI is InChI=1S/C14H23O5P/c1-2-3-4-5-6-13-7-9-14(10-8-13)17-11-12-18-20(16)19-15/h7-10,15,20H,2-6,11-12H2,1H3. The highest BCUT2D eigenvalue weighted by Crippen LogP contribution is 2.21. The molecule has 0 aliphatic rings. The number of hydrogen-bond acceptors (Lipinski definition) is 5. The van der Waals surface area contributed by atoms with E-state index in [2.05, 4.69) is 28.3 Å². The largest absolute Gasteiger partial charge is 0.491 e. The normalized spacial score (nSPS) is 12.3. The van der Waals surface area contributed by atoms with E-state index in [0.29, 0.717) is 0 Å². The maximum Gasteiger partial charge on any atom is 0.346 e. The van der Waals surface area contributed by atoms with Gasteiger partial charge in [0.15, 0.2) is 0 Å². The molecule has 0 aromatic heterocycles. The van der Waals surface area contributed by atoms with E-state index in [1.807, 2.05) is 12.1 Å². The minimum atomic E-state index is -2.78. The van der Waals surface area contributed by atoms with Gasteiger partial charge in [0.05, 0.1) is 6.61 Å². The SMILES string of the molecule is CCCCCCc1ccc(OCCO[PH](=O)OO)cc1. The Morgan fingerprint density at radius 2 is 1.85 bits per heavy atom. The highest BCUT2D eigenvalue weighted by atomic mass is 31.1. The van der Waals surface area contributed by atoms with Crippen molar-refractivity contribution < 1.29 is 23.8 Å². The van der Waals surface area contributed by atoms with Gasteiger partial charge in [-0.25, -0.2) is 5.26 Å². The third-order valence-electron chi connectivity index (χ3n) is 2.89. The van der Waals surface area contributed by atoms with Gasteiger partial charge >= 0.3 is 8.25 Å². The topological polar surface area (TPSA) is 65.0 Å². The summed E-state index contributed by atoms with van der Waals surface area (Å²) in [7, 11) is -2.78. The summed E-state index contributed by atoms with van der Waals surface area (Å²) in [5, 5.41) is 8.05. The van der Waals surface area contributed by atoms with E-state index in [0.717, 1.165) is 12.2 Å². The van der Waals surface area contributed by atoms with Crippen LogP contribution in [0.1, 0.15) is 38.2 Å². The second-order valence-electron chi connectivity index (χ2n) is 4.49. The van der Waals surface area contributed by atoms with Gasteiger partial charge in [0, 0.05) is 0 Å². The Labute approximate surface area is 120 Å². The zero-order valence-corrected chi connectivity index (χ0v) is 12.8. The lowest BCUT2D eigenvalue weighted by molar-refractivity contribution is -0.142. The lowest BCUT2D eigenvalue weighted by Crippen LogP contribution is -2.03. The molecule has 0 aliphatic carbocycles. The summed E-state index contributed by atoms with van der Waals surface area (Å²) in [6.45, 7) is 2.58. The molecule has 5 nitrogen and oxygen atoms in total. The molecule has 20 heavy (non-hydrogen) atoms. The van der Waals surface area contributed by atoms with E-state index in [-0.39, 0.29) is 13.2 Å². The van der Waals surface area contributed by atoms with Crippen molar-refractivity contribution in [2.24, 2.45) is 0 Å². The molecule has 0 bridgehead atoms. The van der Waals surface area contributed by atoms with Crippen LogP contribution in [0.15, 0.2) is 24.3 Å². The number of benzene rings is 1. The van der Waals surface area contributed by atoms with E-state index >= 15 is 0 Å². The fraction of sp³-hybridized carbons (Fsp3) is 0.571. The van der Waals surface area contributed by atoms with Gasteiger partial charge in [0.2, 0.25) is 0 Å². The van der Waals surface area contributed by atoms with E-state index < -0.39 is 8.25 Å². The quantitative estimate of drug-likeness (QED) is 0.289. The third kappa shape index (κ3) is 7.65. The second kappa shape index (κ2) is 10.9. The Morgan fingerprint density at radius 1 is 1.10 bits per heavy atom. The van der Waals surface area contributed by atoms with Crippen LogP contribution in [0.3, 0.4) is 0 Å². The van der Waals surface area contributed by atoms with E-state index in [9.17, 15) is 4.57 Å². The van der Waals surface area contributed by atoms with Gasteiger partial charge in [0.1, 0.15) is 12.4 Å². The van der Waals surface area contributed by atoms with Crippen LogP contribution in [0.4, 0.5) is 0 Å². The van der Waals surface area contributed by atoms with Crippen molar-refractivity contribution in [2.75, 3.05) is 13.2 Å². The summed E-state index contributed by atoms with van der Waals surface area (Å²) in [5.74, 6) is 0.746. The maximum atomic E-state index is 10.6. The van der Waals surface area contributed by atoms with Crippen molar-refractivity contribution in [3.63, 3.8) is 0 Å². The van der Waals surface area contributed by atoms with Crippen molar-refractivity contribution in [1.82, 2.24) is 0 Å². The highest BCUT2D eigenvalue weighted by molar-refractivity contribution is 7.33. The van der Waals surface area contributed by atoms with Crippen LogP contribution >= 0.6 is 8.25 Å². The third-order valence-corrected chi connectivity index (χ3v) is 3.48. The van der Waals surface area contributed by atoms with Crippen LogP contribution in [0.5, 0.6) is 5.75 Å². The monoisotopic (exact) mass is 302 g/mol. The zero-order valence-electron chi connectivity index (χ0n) is 11.8. The summed E-state index contributed by atoms with van der Waals surface area (Å²) in [4.78, 5) is 0. The smallest absolute Gasteiger partial charge is 0.346 e. The Bertz CT molecular complexity index is 380. The van der Waals surface area contributed by atoms with Crippen LogP contribution in [-0.4, -0.2) is 18.5 Å². The molecule has 0 aliphatic heterocycles. The van der Waals surface area contributed by atoms with E-state index in [4.69, 9.17) is 9.99 Å². The summed E-state index contributed by atoms with van der Waals surface area (Å²) in [6, 6.07) is 7.95. The Kier molecular flexibility index (Phi) is 9.33. The zero-order chi connectivity index (χ0) is 14.6. The number of unbranched alkanes of at least 4 members (excludes halogenated alkanes) is 3. The molecule has 1 aromatic rings. The fourth-order valence-corrected chi connectivity index (χ4v) is 2.12.